The molecule has 1 rings (SSSR count). The van der Waals surface area contributed by atoms with Gasteiger partial charge in [0, 0.05) is 0 Å². The summed E-state index contributed by atoms with van der Waals surface area (Å²) in [4.78, 5) is 0. The molecule has 0 spiro atoms. The Kier molecular flexibility index (Phi) is 4.96. The number of allylic oxidation sites excluding steroid dienone is 1. The molecule has 0 aromatic heterocycles. The fraction of sp³-hybridized carbons (Fsp3) is 0.733. The number of hydrogen-bond acceptors (Lipinski definition) is 2. The molecular weight excluding hydrogens is 212 g/mol. The van der Waals surface area contributed by atoms with Crippen LogP contribution in [0.2, 0.25) is 0 Å². The van der Waals surface area contributed by atoms with Crippen molar-refractivity contribution in [2.45, 2.75) is 58.2 Å². The fourth-order valence-corrected chi connectivity index (χ4v) is 2.22. The Balaban J connectivity index is 2.83. The van der Waals surface area contributed by atoms with Crippen LogP contribution in [0.15, 0.2) is 24.3 Å². The highest BCUT2D eigenvalue weighted by atomic mass is 16.3. The van der Waals surface area contributed by atoms with Gasteiger partial charge in [-0.1, -0.05) is 32.6 Å². The highest BCUT2D eigenvalue weighted by molar-refractivity contribution is 5.08. The number of aliphatic hydroxyl groups is 2. The minimum Gasteiger partial charge on any atom is -0.389 e. The lowest BCUT2D eigenvalue weighted by Crippen LogP contribution is -2.25. The number of aliphatic hydroxyl groups excluding tert-OH is 1. The molecule has 0 unspecified atom stereocenters. The van der Waals surface area contributed by atoms with E-state index in [0.29, 0.717) is 24.7 Å². The first-order valence-corrected chi connectivity index (χ1v) is 6.59. The standard InChI is InChI=1S/C15H26O2/c1-11(2)13-6-5-12(3)14(16)8-10-15(4,17)9-7-13/h7,9,11,13-14,16-17H,3,5-6,8,10H2,1-2,4H3/b9-7-/t13-,14+,15-/m1/s1. The summed E-state index contributed by atoms with van der Waals surface area (Å²) in [6.45, 7) is 10.1. The number of rotatable bonds is 1. The first-order chi connectivity index (χ1) is 7.82. The normalized spacial score (nSPS) is 38.1. The maximum absolute atomic E-state index is 10.2. The van der Waals surface area contributed by atoms with Crippen molar-refractivity contribution in [1.82, 2.24) is 0 Å². The quantitative estimate of drug-likeness (QED) is 0.689. The van der Waals surface area contributed by atoms with E-state index in [1.165, 1.54) is 0 Å². The third-order valence-electron chi connectivity index (χ3n) is 3.75. The number of hydrogen-bond donors (Lipinski definition) is 2. The Morgan fingerprint density at radius 1 is 1.41 bits per heavy atom. The molecule has 0 fully saturated rings. The molecule has 1 aliphatic carbocycles. The third-order valence-corrected chi connectivity index (χ3v) is 3.75. The van der Waals surface area contributed by atoms with Crippen LogP contribution in [0.1, 0.15) is 46.5 Å². The summed E-state index contributed by atoms with van der Waals surface area (Å²) < 4.78 is 0. The van der Waals surface area contributed by atoms with Crippen LogP contribution < -0.4 is 0 Å². The SMILES string of the molecule is C=C1CC[C@@H](C(C)C)/C=C\[C@@](C)(O)CC[C@@H]1O. The highest BCUT2D eigenvalue weighted by Gasteiger charge is 2.23. The van der Waals surface area contributed by atoms with Gasteiger partial charge in [0.15, 0.2) is 0 Å². The summed E-state index contributed by atoms with van der Waals surface area (Å²) in [5.74, 6) is 0.995. The third kappa shape index (κ3) is 4.64. The Bertz CT molecular complexity index is 289. The van der Waals surface area contributed by atoms with Gasteiger partial charge in [0.25, 0.3) is 0 Å². The average molecular weight is 238 g/mol. The summed E-state index contributed by atoms with van der Waals surface area (Å²) in [5.41, 5.74) is 0.0906. The first kappa shape index (κ1) is 14.5. The lowest BCUT2D eigenvalue weighted by atomic mass is 9.84. The zero-order valence-corrected chi connectivity index (χ0v) is 11.3. The molecule has 0 saturated heterocycles. The van der Waals surface area contributed by atoms with E-state index in [0.717, 1.165) is 18.4 Å². The molecule has 2 nitrogen and oxygen atoms in total. The second-order valence-corrected chi connectivity index (χ2v) is 5.88. The van der Waals surface area contributed by atoms with E-state index in [4.69, 9.17) is 0 Å². The monoisotopic (exact) mass is 238 g/mol. The van der Waals surface area contributed by atoms with Crippen molar-refractivity contribution in [3.05, 3.63) is 24.3 Å². The van der Waals surface area contributed by atoms with Crippen LogP contribution >= 0.6 is 0 Å². The fourth-order valence-electron chi connectivity index (χ4n) is 2.22. The molecule has 98 valence electrons. The lowest BCUT2D eigenvalue weighted by Gasteiger charge is -2.26. The molecule has 2 N–H and O–H groups in total. The second-order valence-electron chi connectivity index (χ2n) is 5.88. The Hall–Kier alpha value is -0.600. The van der Waals surface area contributed by atoms with Crippen LogP contribution in [0.3, 0.4) is 0 Å². The van der Waals surface area contributed by atoms with Crippen LogP contribution in [0.5, 0.6) is 0 Å². The molecule has 17 heavy (non-hydrogen) atoms. The van der Waals surface area contributed by atoms with Gasteiger partial charge in [-0.3, -0.25) is 0 Å². The molecule has 0 aliphatic heterocycles. The predicted octanol–water partition coefficient (Wildman–Crippen LogP) is 3.06. The van der Waals surface area contributed by atoms with E-state index < -0.39 is 11.7 Å². The highest BCUT2D eigenvalue weighted by Crippen LogP contribution is 2.27. The van der Waals surface area contributed by atoms with Crippen molar-refractivity contribution >= 4 is 0 Å². The summed E-state index contributed by atoms with van der Waals surface area (Å²) >= 11 is 0. The Morgan fingerprint density at radius 3 is 2.65 bits per heavy atom. The van der Waals surface area contributed by atoms with E-state index in [-0.39, 0.29) is 0 Å². The van der Waals surface area contributed by atoms with E-state index in [1.54, 1.807) is 6.92 Å². The van der Waals surface area contributed by atoms with Crippen molar-refractivity contribution in [2.24, 2.45) is 11.8 Å². The molecule has 0 aromatic carbocycles. The summed E-state index contributed by atoms with van der Waals surface area (Å²) in [7, 11) is 0. The van der Waals surface area contributed by atoms with Crippen LogP contribution in [0, 0.1) is 11.8 Å². The van der Waals surface area contributed by atoms with Crippen molar-refractivity contribution in [1.29, 1.82) is 0 Å². The van der Waals surface area contributed by atoms with E-state index in [9.17, 15) is 10.2 Å². The smallest absolute Gasteiger partial charge is 0.0800 e. The van der Waals surface area contributed by atoms with Gasteiger partial charge >= 0.3 is 0 Å². The van der Waals surface area contributed by atoms with Gasteiger partial charge in [-0.15, -0.1) is 0 Å². The molecule has 2 heteroatoms. The molecular formula is C15H26O2. The van der Waals surface area contributed by atoms with Gasteiger partial charge in [-0.2, -0.15) is 0 Å². The Labute approximate surface area is 105 Å². The predicted molar refractivity (Wildman–Crippen MR) is 71.7 cm³/mol. The average Bonchev–Trinajstić information content (AvgIpc) is 2.24. The molecule has 1 aliphatic rings. The van der Waals surface area contributed by atoms with Crippen molar-refractivity contribution in [2.75, 3.05) is 0 Å². The van der Waals surface area contributed by atoms with Crippen LogP contribution in [0.25, 0.3) is 0 Å². The van der Waals surface area contributed by atoms with Gasteiger partial charge in [0.1, 0.15) is 0 Å². The second kappa shape index (κ2) is 5.83. The molecule has 0 saturated carbocycles. The van der Waals surface area contributed by atoms with Gasteiger partial charge < -0.3 is 10.2 Å². The molecule has 0 radical (unpaired) electrons. The van der Waals surface area contributed by atoms with Gasteiger partial charge in [-0.05, 0) is 50.0 Å². The minimum absolute atomic E-state index is 0.448. The lowest BCUT2D eigenvalue weighted by molar-refractivity contribution is 0.0781. The molecule has 3 atom stereocenters. The van der Waals surface area contributed by atoms with E-state index in [1.807, 2.05) is 6.08 Å². The van der Waals surface area contributed by atoms with Gasteiger partial charge in [0.2, 0.25) is 0 Å². The molecule has 0 bridgehead atoms. The van der Waals surface area contributed by atoms with Crippen molar-refractivity contribution in [3.8, 4) is 0 Å². The van der Waals surface area contributed by atoms with Crippen LogP contribution in [-0.4, -0.2) is 21.9 Å². The van der Waals surface area contributed by atoms with Crippen molar-refractivity contribution in [3.63, 3.8) is 0 Å². The Morgan fingerprint density at radius 2 is 2.06 bits per heavy atom. The minimum atomic E-state index is -0.814. The molecule has 0 aromatic rings. The van der Waals surface area contributed by atoms with E-state index >= 15 is 0 Å². The van der Waals surface area contributed by atoms with Crippen LogP contribution in [-0.2, 0) is 0 Å². The molecule has 0 amide bonds. The summed E-state index contributed by atoms with van der Waals surface area (Å²) in [6, 6.07) is 0. The van der Waals surface area contributed by atoms with Gasteiger partial charge in [-0.25, -0.2) is 0 Å². The maximum Gasteiger partial charge on any atom is 0.0800 e. The topological polar surface area (TPSA) is 40.5 Å². The van der Waals surface area contributed by atoms with Crippen molar-refractivity contribution < 1.29 is 10.2 Å². The maximum atomic E-state index is 10.2. The largest absolute Gasteiger partial charge is 0.389 e. The summed E-state index contributed by atoms with van der Waals surface area (Å²) in [5, 5.41) is 20.1. The van der Waals surface area contributed by atoms with Crippen LogP contribution in [0.4, 0.5) is 0 Å². The first-order valence-electron chi connectivity index (χ1n) is 6.59. The van der Waals surface area contributed by atoms with E-state index in [2.05, 4.69) is 26.5 Å². The zero-order chi connectivity index (χ0) is 13.1. The van der Waals surface area contributed by atoms with Gasteiger partial charge in [0.05, 0.1) is 11.7 Å². The zero-order valence-electron chi connectivity index (χ0n) is 11.3. The molecule has 0 heterocycles. The summed E-state index contributed by atoms with van der Waals surface area (Å²) in [6.07, 6.45) is 6.60.